The Kier molecular flexibility index (Phi) is 3.95. The quantitative estimate of drug-likeness (QED) is 0.661. The van der Waals surface area contributed by atoms with Gasteiger partial charge in [-0.05, 0) is 0 Å². The van der Waals surface area contributed by atoms with Crippen LogP contribution in [0.4, 0.5) is 0 Å². The molecule has 0 heterocycles. The molecule has 0 bridgehead atoms. The van der Waals surface area contributed by atoms with E-state index in [9.17, 15) is 8.42 Å². The Labute approximate surface area is 64.8 Å². The zero-order valence-electron chi connectivity index (χ0n) is 4.67. The van der Waals surface area contributed by atoms with Crippen molar-refractivity contribution in [3.05, 3.63) is 0 Å². The number of hydrogen-bond acceptors (Lipinski definition) is 4. The van der Waals surface area contributed by atoms with Crippen LogP contribution in [0.2, 0.25) is 0 Å². The summed E-state index contributed by atoms with van der Waals surface area (Å²) in [6.45, 7) is 1.21. The van der Waals surface area contributed by atoms with Gasteiger partial charge in [0, 0.05) is 0 Å². The molecule has 0 amide bonds. The first kappa shape index (κ1) is 9.61. The molecule has 0 saturated heterocycles. The fraction of sp³-hybridized carbons (Fsp3) is 1.00. The van der Waals surface area contributed by atoms with Crippen LogP contribution in [0.1, 0.15) is 6.92 Å². The summed E-state index contributed by atoms with van der Waals surface area (Å²) in [7, 11) is -3.57. The van der Waals surface area contributed by atoms with Crippen molar-refractivity contribution in [3.8, 4) is 0 Å². The van der Waals surface area contributed by atoms with E-state index >= 15 is 0 Å². The van der Waals surface area contributed by atoms with Gasteiger partial charge in [-0.3, -0.25) is 0 Å². The van der Waals surface area contributed by atoms with Crippen LogP contribution in [0.5, 0.6) is 0 Å². The van der Waals surface area contributed by atoms with Crippen LogP contribution < -0.4 is 0 Å². The van der Waals surface area contributed by atoms with Crippen molar-refractivity contribution in [1.82, 2.24) is 0 Å². The SMILES string of the molecule is CC(O)CO[S](=O)(=O)[Ag]. The van der Waals surface area contributed by atoms with Gasteiger partial charge in [-0.2, -0.15) is 0 Å². The van der Waals surface area contributed by atoms with Gasteiger partial charge in [0.2, 0.25) is 0 Å². The first-order chi connectivity index (χ1) is 3.92. The average molecular weight is 247 g/mol. The van der Waals surface area contributed by atoms with E-state index in [0.717, 1.165) is 0 Å². The van der Waals surface area contributed by atoms with E-state index in [-0.39, 0.29) is 6.61 Å². The topological polar surface area (TPSA) is 63.6 Å². The standard InChI is InChI=1S/C3H7O4S.Ag/c1-3(4)2-7-8(5)6;/h3-4H,2H2,1H3;. The maximum atomic E-state index is 10.1. The summed E-state index contributed by atoms with van der Waals surface area (Å²) in [4.78, 5) is 0. The van der Waals surface area contributed by atoms with Crippen LogP contribution in [0, 0.1) is 0 Å². The van der Waals surface area contributed by atoms with Gasteiger partial charge in [-0.1, -0.05) is 0 Å². The molecule has 0 fully saturated rings. The third-order valence-corrected chi connectivity index (χ3v) is 1.36. The van der Waals surface area contributed by atoms with Crippen molar-refractivity contribution in [3.63, 3.8) is 0 Å². The van der Waals surface area contributed by atoms with E-state index in [1.807, 2.05) is 0 Å². The summed E-state index contributed by atoms with van der Waals surface area (Å²) in [6.07, 6.45) is -0.767. The third-order valence-electron chi connectivity index (χ3n) is 0.441. The molecule has 0 aliphatic rings. The molecule has 0 saturated carbocycles. The molecule has 0 spiro atoms. The average Bonchev–Trinajstić information content (AvgIpc) is 1.59. The fourth-order valence-electron chi connectivity index (χ4n) is 0.175. The molecule has 0 aromatic heterocycles. The summed E-state index contributed by atoms with van der Waals surface area (Å²) in [6, 6.07) is 0. The molecule has 60 valence electrons. The van der Waals surface area contributed by atoms with Gasteiger partial charge in [0.15, 0.2) is 0 Å². The van der Waals surface area contributed by atoms with Gasteiger partial charge in [0.25, 0.3) is 0 Å². The minimum atomic E-state index is -3.57. The van der Waals surface area contributed by atoms with Crippen molar-refractivity contribution in [2.45, 2.75) is 13.0 Å². The Morgan fingerprint density at radius 3 is 2.33 bits per heavy atom. The van der Waals surface area contributed by atoms with Gasteiger partial charge in [-0.15, -0.1) is 0 Å². The molecule has 1 atom stereocenters. The van der Waals surface area contributed by atoms with Crippen LogP contribution in [0.15, 0.2) is 0 Å². The van der Waals surface area contributed by atoms with Crippen LogP contribution in [0.3, 0.4) is 0 Å². The Morgan fingerprint density at radius 2 is 2.22 bits per heavy atom. The van der Waals surface area contributed by atoms with Crippen LogP contribution >= 0.6 is 0 Å². The number of rotatable bonds is 3. The molecule has 0 aromatic rings. The molecular formula is C3H7AgO4S. The van der Waals surface area contributed by atoms with E-state index in [1.165, 1.54) is 6.92 Å². The first-order valence-corrected chi connectivity index (χ1v) is 5.22. The second-order valence-corrected chi connectivity index (χ2v) is 4.66. The molecule has 4 nitrogen and oxygen atoms in total. The number of aliphatic hydroxyl groups is 1. The monoisotopic (exact) mass is 246 g/mol. The molecule has 9 heavy (non-hydrogen) atoms. The number of hydrogen-bond donors (Lipinski definition) is 1. The van der Waals surface area contributed by atoms with E-state index in [4.69, 9.17) is 5.11 Å². The van der Waals surface area contributed by atoms with E-state index in [2.05, 4.69) is 23.9 Å². The van der Waals surface area contributed by atoms with Gasteiger partial charge >= 0.3 is 64.7 Å². The summed E-state index contributed by atoms with van der Waals surface area (Å²) in [5.41, 5.74) is 0. The van der Waals surface area contributed by atoms with Crippen LogP contribution in [0.25, 0.3) is 0 Å². The third kappa shape index (κ3) is 8.61. The Balaban J connectivity index is 3.53. The van der Waals surface area contributed by atoms with Crippen molar-refractivity contribution in [2.75, 3.05) is 6.61 Å². The van der Waals surface area contributed by atoms with Crippen molar-refractivity contribution in [1.29, 1.82) is 0 Å². The molecule has 0 aromatic carbocycles. The van der Waals surface area contributed by atoms with Crippen LogP contribution in [-0.2, 0) is 31.5 Å². The summed E-state index contributed by atoms with van der Waals surface area (Å²) in [5.74, 6) is 0. The molecule has 1 unspecified atom stereocenters. The van der Waals surface area contributed by atoms with Gasteiger partial charge in [-0.25, -0.2) is 0 Å². The minimum absolute atomic E-state index is 0.215. The van der Waals surface area contributed by atoms with Crippen molar-refractivity contribution in [2.24, 2.45) is 0 Å². The van der Waals surface area contributed by atoms with Gasteiger partial charge in [0.1, 0.15) is 0 Å². The first-order valence-electron chi connectivity index (χ1n) is 2.16. The molecule has 0 aliphatic carbocycles. The molecule has 1 N–H and O–H groups in total. The van der Waals surface area contributed by atoms with E-state index in [0.29, 0.717) is 0 Å². The summed E-state index contributed by atoms with van der Waals surface area (Å²) >= 11 is 2.26. The zero-order chi connectivity index (χ0) is 7.49. The predicted octanol–water partition coefficient (Wildman–Crippen LogP) is -0.825. The van der Waals surface area contributed by atoms with Gasteiger partial charge in [0.05, 0.1) is 0 Å². The van der Waals surface area contributed by atoms with Gasteiger partial charge < -0.3 is 0 Å². The maximum absolute atomic E-state index is 10.1. The summed E-state index contributed by atoms with van der Waals surface area (Å²) in [5, 5.41) is 8.51. The molecule has 6 heteroatoms. The zero-order valence-corrected chi connectivity index (χ0v) is 6.96. The molecular weight excluding hydrogens is 240 g/mol. The Hall–Kier alpha value is 0.610. The number of aliphatic hydroxyl groups excluding tert-OH is 1. The van der Waals surface area contributed by atoms with Crippen LogP contribution in [-0.4, -0.2) is 26.2 Å². The van der Waals surface area contributed by atoms with E-state index < -0.39 is 13.7 Å². The molecule has 0 rings (SSSR count). The normalized spacial score (nSPS) is 15.6. The molecule has 0 radical (unpaired) electrons. The van der Waals surface area contributed by atoms with Crippen molar-refractivity contribution >= 4 is 7.58 Å². The summed E-state index contributed by atoms with van der Waals surface area (Å²) < 4.78 is 24.4. The second kappa shape index (κ2) is 3.70. The Bertz CT molecular complexity index is 161. The van der Waals surface area contributed by atoms with E-state index in [1.54, 1.807) is 0 Å². The Morgan fingerprint density at radius 1 is 1.78 bits per heavy atom. The second-order valence-electron chi connectivity index (χ2n) is 1.49. The van der Waals surface area contributed by atoms with Crippen molar-refractivity contribution < 1.29 is 37.4 Å². The molecule has 0 aliphatic heterocycles. The predicted molar refractivity (Wildman–Crippen MR) is 26.6 cm³/mol. The fourth-order valence-corrected chi connectivity index (χ4v) is 0.826.